The third-order valence-corrected chi connectivity index (χ3v) is 4.45. The van der Waals surface area contributed by atoms with Gasteiger partial charge in [-0.1, -0.05) is 30.3 Å². The summed E-state index contributed by atoms with van der Waals surface area (Å²) in [7, 11) is 0. The van der Waals surface area contributed by atoms with Crippen LogP contribution in [-0.2, 0) is 30.3 Å². The third kappa shape index (κ3) is 6.84. The third-order valence-electron chi connectivity index (χ3n) is 4.45. The van der Waals surface area contributed by atoms with Crippen molar-refractivity contribution in [3.05, 3.63) is 35.9 Å². The number of carbonyl (C=O) groups excluding carboxylic acids is 3. The van der Waals surface area contributed by atoms with E-state index >= 15 is 0 Å². The van der Waals surface area contributed by atoms with E-state index < -0.39 is 48.8 Å². The molecule has 0 aliphatic carbocycles. The molecule has 0 saturated carbocycles. The van der Waals surface area contributed by atoms with Gasteiger partial charge in [-0.2, -0.15) is 8.78 Å². The summed E-state index contributed by atoms with van der Waals surface area (Å²) in [6.45, 7) is -0.688. The van der Waals surface area contributed by atoms with E-state index in [0.717, 1.165) is 5.56 Å². The Kier molecular flexibility index (Phi) is 7.77. The van der Waals surface area contributed by atoms with Gasteiger partial charge in [0.2, 0.25) is 11.8 Å². The first kappa shape index (κ1) is 22.9. The highest BCUT2D eigenvalue weighted by Gasteiger charge is 2.50. The number of halogens is 2. The zero-order chi connectivity index (χ0) is 21.6. The summed E-state index contributed by atoms with van der Waals surface area (Å²) in [5.41, 5.74) is 5.24. The van der Waals surface area contributed by atoms with Crippen molar-refractivity contribution < 1.29 is 32.6 Å². The lowest BCUT2D eigenvalue weighted by molar-refractivity contribution is -0.148. The second kappa shape index (κ2) is 9.86. The van der Waals surface area contributed by atoms with Gasteiger partial charge in [-0.25, -0.2) is 0 Å². The molecule has 4 N–H and O–H groups in total. The van der Waals surface area contributed by atoms with Crippen molar-refractivity contribution in [1.82, 2.24) is 10.6 Å². The van der Waals surface area contributed by atoms with Crippen molar-refractivity contribution in [3.8, 4) is 0 Å². The standard InChI is InChI=1S/C19H25F2N3O5/c1-11(22)16(26)24-14(9-28-18(20)21)17(27)23-13(15(25)19(2)10-29-19)8-12-6-4-3-5-7-12/h3-7,11,13-14,18H,8-10,22H2,1-2H3,(H,23,27)(H,24,26)/t11?,13?,14-,19?/m0/s1. The zero-order valence-electron chi connectivity index (χ0n) is 16.2. The summed E-state index contributed by atoms with van der Waals surface area (Å²) in [5, 5.41) is 4.79. The van der Waals surface area contributed by atoms with Gasteiger partial charge in [0.15, 0.2) is 5.78 Å². The van der Waals surface area contributed by atoms with Gasteiger partial charge in [0, 0.05) is 0 Å². The Morgan fingerprint density at radius 1 is 1.17 bits per heavy atom. The predicted molar refractivity (Wildman–Crippen MR) is 99.0 cm³/mol. The van der Waals surface area contributed by atoms with Gasteiger partial charge in [0.05, 0.1) is 25.3 Å². The zero-order valence-corrected chi connectivity index (χ0v) is 16.2. The number of nitrogens with two attached hydrogens (primary N) is 1. The Balaban J connectivity index is 2.14. The van der Waals surface area contributed by atoms with E-state index in [1.165, 1.54) is 6.92 Å². The van der Waals surface area contributed by atoms with Crippen LogP contribution in [0.1, 0.15) is 19.4 Å². The summed E-state index contributed by atoms with van der Waals surface area (Å²) >= 11 is 0. The summed E-state index contributed by atoms with van der Waals surface area (Å²) in [6, 6.07) is 5.59. The Morgan fingerprint density at radius 2 is 1.76 bits per heavy atom. The van der Waals surface area contributed by atoms with Crippen LogP contribution in [0.2, 0.25) is 0 Å². The average molecular weight is 413 g/mol. The van der Waals surface area contributed by atoms with Gasteiger partial charge in [0.1, 0.15) is 11.6 Å². The topological polar surface area (TPSA) is 123 Å². The van der Waals surface area contributed by atoms with Crippen molar-refractivity contribution in [1.29, 1.82) is 0 Å². The number of epoxide rings is 1. The van der Waals surface area contributed by atoms with E-state index in [1.807, 2.05) is 6.07 Å². The minimum absolute atomic E-state index is 0.175. The normalized spacial score (nSPS) is 21.2. The van der Waals surface area contributed by atoms with Crippen LogP contribution < -0.4 is 16.4 Å². The number of rotatable bonds is 11. The maximum atomic E-state index is 12.8. The van der Waals surface area contributed by atoms with Gasteiger partial charge in [0.25, 0.3) is 0 Å². The van der Waals surface area contributed by atoms with E-state index in [9.17, 15) is 23.2 Å². The van der Waals surface area contributed by atoms with Gasteiger partial charge in [-0.15, -0.1) is 0 Å². The average Bonchev–Trinajstić information content (AvgIpc) is 3.42. The number of ketones is 1. The van der Waals surface area contributed by atoms with Crippen molar-refractivity contribution in [3.63, 3.8) is 0 Å². The van der Waals surface area contributed by atoms with Crippen LogP contribution in [0.25, 0.3) is 0 Å². The molecular formula is C19H25F2N3O5. The van der Waals surface area contributed by atoms with Gasteiger partial charge in [-0.05, 0) is 25.8 Å². The minimum atomic E-state index is -3.13. The van der Waals surface area contributed by atoms with Gasteiger partial charge in [-0.3, -0.25) is 14.4 Å². The van der Waals surface area contributed by atoms with Crippen LogP contribution in [-0.4, -0.2) is 61.1 Å². The largest absolute Gasteiger partial charge is 0.361 e. The maximum Gasteiger partial charge on any atom is 0.345 e. The molecule has 1 heterocycles. The molecule has 8 nitrogen and oxygen atoms in total. The molecule has 1 aromatic carbocycles. The molecule has 0 bridgehead atoms. The molecule has 29 heavy (non-hydrogen) atoms. The predicted octanol–water partition coefficient (Wildman–Crippen LogP) is 0.143. The molecule has 1 aromatic rings. The Labute approximate surface area is 167 Å². The number of hydrogen-bond donors (Lipinski definition) is 3. The van der Waals surface area contributed by atoms with Crippen molar-refractivity contribution in [2.45, 2.75) is 50.6 Å². The van der Waals surface area contributed by atoms with E-state index in [1.54, 1.807) is 31.2 Å². The van der Waals surface area contributed by atoms with Crippen LogP contribution in [0.3, 0.4) is 0 Å². The molecule has 1 fully saturated rings. The first-order chi connectivity index (χ1) is 13.6. The lowest BCUT2D eigenvalue weighted by atomic mass is 9.94. The summed E-state index contributed by atoms with van der Waals surface area (Å²) < 4.78 is 34.2. The highest BCUT2D eigenvalue weighted by atomic mass is 19.3. The number of amides is 2. The number of alkyl halides is 2. The van der Waals surface area contributed by atoms with Crippen LogP contribution in [0.15, 0.2) is 30.3 Å². The van der Waals surface area contributed by atoms with Crippen molar-refractivity contribution in [2.75, 3.05) is 13.2 Å². The fourth-order valence-corrected chi connectivity index (χ4v) is 2.61. The highest BCUT2D eigenvalue weighted by molar-refractivity contribution is 5.98. The molecule has 0 spiro atoms. The number of Topliss-reactive ketones (excluding diaryl/α,β-unsaturated/α-hetero) is 1. The quantitative estimate of drug-likeness (QED) is 0.444. The van der Waals surface area contributed by atoms with Crippen molar-refractivity contribution in [2.24, 2.45) is 5.73 Å². The molecule has 3 unspecified atom stereocenters. The smallest absolute Gasteiger partial charge is 0.345 e. The maximum absolute atomic E-state index is 12.8. The Bertz CT molecular complexity index is 726. The minimum Gasteiger partial charge on any atom is -0.361 e. The molecule has 1 aliphatic heterocycles. The highest BCUT2D eigenvalue weighted by Crippen LogP contribution is 2.29. The second-order valence-electron chi connectivity index (χ2n) is 7.08. The lowest BCUT2D eigenvalue weighted by Crippen LogP contribution is -2.57. The lowest BCUT2D eigenvalue weighted by Gasteiger charge is -2.24. The van der Waals surface area contributed by atoms with E-state index in [2.05, 4.69) is 15.4 Å². The van der Waals surface area contributed by atoms with Gasteiger partial charge >= 0.3 is 6.61 Å². The van der Waals surface area contributed by atoms with Crippen molar-refractivity contribution >= 4 is 17.6 Å². The summed E-state index contributed by atoms with van der Waals surface area (Å²) in [4.78, 5) is 37.3. The molecule has 10 heteroatoms. The molecule has 4 atom stereocenters. The monoisotopic (exact) mass is 413 g/mol. The number of benzene rings is 1. The SMILES string of the molecule is CC(N)C(=O)N[C@@H](COC(F)F)C(=O)NC(Cc1ccccc1)C(=O)C1(C)CO1. The molecule has 160 valence electrons. The van der Waals surface area contributed by atoms with E-state index in [4.69, 9.17) is 10.5 Å². The first-order valence-corrected chi connectivity index (χ1v) is 9.10. The summed E-state index contributed by atoms with van der Waals surface area (Å²) in [6.07, 6.45) is 0.175. The number of hydrogen-bond acceptors (Lipinski definition) is 6. The molecule has 2 amide bonds. The van der Waals surface area contributed by atoms with E-state index in [0.29, 0.717) is 0 Å². The van der Waals surface area contributed by atoms with Crippen LogP contribution >= 0.6 is 0 Å². The molecule has 0 radical (unpaired) electrons. The van der Waals surface area contributed by atoms with E-state index in [-0.39, 0.29) is 18.8 Å². The van der Waals surface area contributed by atoms with Crippen LogP contribution in [0.5, 0.6) is 0 Å². The molecule has 0 aromatic heterocycles. The number of nitrogens with one attached hydrogen (secondary N) is 2. The Hall–Kier alpha value is -2.43. The van der Waals surface area contributed by atoms with Crippen LogP contribution in [0, 0.1) is 0 Å². The summed E-state index contributed by atoms with van der Waals surface area (Å²) in [5.74, 6) is -1.90. The molecule has 2 rings (SSSR count). The molecule has 1 aliphatic rings. The fraction of sp³-hybridized carbons (Fsp3) is 0.526. The van der Waals surface area contributed by atoms with Gasteiger partial charge < -0.3 is 25.8 Å². The number of carbonyl (C=O) groups is 3. The van der Waals surface area contributed by atoms with Crippen LogP contribution in [0.4, 0.5) is 8.78 Å². The molecular weight excluding hydrogens is 388 g/mol. The first-order valence-electron chi connectivity index (χ1n) is 9.10. The fourth-order valence-electron chi connectivity index (χ4n) is 2.61. The molecule has 1 saturated heterocycles. The number of ether oxygens (including phenoxy) is 2. The second-order valence-corrected chi connectivity index (χ2v) is 7.08. The Morgan fingerprint density at radius 3 is 2.28 bits per heavy atom.